The molecular formula is C29H50O. The standard InChI is InChI=1S/C29H50O/c1-7-21(19(2)3)9-8-20(4)22-16-27-25-11-10-23-17-24(30)12-15-29(23,6)26(25)13-14-28(27,5)18-22/h10,19-22,24-27,30H,7-9,11-18H2,1-6H3/t20-,21-,22-,24+,25-,26-,27+,28-,29+/m1/s1. The van der Waals surface area contributed by atoms with Gasteiger partial charge >= 0.3 is 0 Å². The van der Waals surface area contributed by atoms with Crippen molar-refractivity contribution in [3.63, 3.8) is 0 Å². The Labute approximate surface area is 187 Å². The van der Waals surface area contributed by atoms with E-state index in [1.165, 1.54) is 57.8 Å². The normalized spacial score (nSPS) is 45.3. The molecular weight excluding hydrogens is 364 g/mol. The Kier molecular flexibility index (Phi) is 6.53. The van der Waals surface area contributed by atoms with Gasteiger partial charge in [0.15, 0.2) is 0 Å². The van der Waals surface area contributed by atoms with Crippen LogP contribution in [0.1, 0.15) is 112 Å². The van der Waals surface area contributed by atoms with Gasteiger partial charge in [0.25, 0.3) is 0 Å². The van der Waals surface area contributed by atoms with Crippen LogP contribution >= 0.6 is 0 Å². The van der Waals surface area contributed by atoms with Gasteiger partial charge in [-0.25, -0.2) is 0 Å². The molecule has 0 spiro atoms. The Morgan fingerprint density at radius 1 is 1.07 bits per heavy atom. The van der Waals surface area contributed by atoms with Gasteiger partial charge in [-0.3, -0.25) is 0 Å². The van der Waals surface area contributed by atoms with Gasteiger partial charge < -0.3 is 5.11 Å². The average molecular weight is 415 g/mol. The van der Waals surface area contributed by atoms with Gasteiger partial charge in [0.1, 0.15) is 0 Å². The van der Waals surface area contributed by atoms with Crippen LogP contribution in [0.4, 0.5) is 0 Å². The third-order valence-corrected chi connectivity index (χ3v) is 11.1. The maximum atomic E-state index is 10.2. The molecule has 1 heteroatoms. The van der Waals surface area contributed by atoms with Crippen molar-refractivity contribution in [2.24, 2.45) is 52.3 Å². The van der Waals surface area contributed by atoms with Crippen LogP contribution in [-0.2, 0) is 0 Å². The van der Waals surface area contributed by atoms with Gasteiger partial charge in [0.2, 0.25) is 0 Å². The minimum Gasteiger partial charge on any atom is -0.393 e. The van der Waals surface area contributed by atoms with Crippen molar-refractivity contribution in [2.45, 2.75) is 118 Å². The zero-order valence-electron chi connectivity index (χ0n) is 20.9. The Hall–Kier alpha value is -0.300. The number of rotatable bonds is 6. The van der Waals surface area contributed by atoms with Crippen molar-refractivity contribution in [2.75, 3.05) is 0 Å². The number of aliphatic hydroxyl groups is 1. The van der Waals surface area contributed by atoms with E-state index >= 15 is 0 Å². The van der Waals surface area contributed by atoms with Crippen molar-refractivity contribution in [1.29, 1.82) is 0 Å². The Bertz CT molecular complexity index is 634. The highest BCUT2D eigenvalue weighted by Crippen LogP contribution is 2.66. The van der Waals surface area contributed by atoms with Crippen LogP contribution in [0.3, 0.4) is 0 Å². The highest BCUT2D eigenvalue weighted by atomic mass is 16.3. The van der Waals surface area contributed by atoms with Crippen molar-refractivity contribution in [3.8, 4) is 0 Å². The fourth-order valence-electron chi connectivity index (χ4n) is 8.91. The highest BCUT2D eigenvalue weighted by molar-refractivity contribution is 5.25. The lowest BCUT2D eigenvalue weighted by Gasteiger charge is -2.57. The quantitative estimate of drug-likeness (QED) is 0.436. The summed E-state index contributed by atoms with van der Waals surface area (Å²) < 4.78 is 0. The second-order valence-electron chi connectivity index (χ2n) is 13.0. The van der Waals surface area contributed by atoms with Crippen LogP contribution in [0.5, 0.6) is 0 Å². The zero-order chi connectivity index (χ0) is 21.7. The second kappa shape index (κ2) is 8.57. The second-order valence-corrected chi connectivity index (χ2v) is 13.0. The Balaban J connectivity index is 1.45. The molecule has 0 aliphatic heterocycles. The summed E-state index contributed by atoms with van der Waals surface area (Å²) in [5.74, 6) is 6.33. The van der Waals surface area contributed by atoms with Gasteiger partial charge in [-0.15, -0.1) is 0 Å². The summed E-state index contributed by atoms with van der Waals surface area (Å²) in [5, 5.41) is 10.2. The van der Waals surface area contributed by atoms with E-state index < -0.39 is 0 Å². The lowest BCUT2D eigenvalue weighted by atomic mass is 9.48. The van der Waals surface area contributed by atoms with E-state index in [1.54, 1.807) is 5.57 Å². The van der Waals surface area contributed by atoms with Gasteiger partial charge in [-0.1, -0.05) is 66.0 Å². The fourth-order valence-corrected chi connectivity index (χ4v) is 8.91. The summed E-state index contributed by atoms with van der Waals surface area (Å²) in [5.41, 5.74) is 2.60. The highest BCUT2D eigenvalue weighted by Gasteiger charge is 2.57. The molecule has 30 heavy (non-hydrogen) atoms. The van der Waals surface area contributed by atoms with Crippen molar-refractivity contribution in [1.82, 2.24) is 0 Å². The average Bonchev–Trinajstić information content (AvgIpc) is 3.06. The van der Waals surface area contributed by atoms with E-state index in [-0.39, 0.29) is 6.10 Å². The van der Waals surface area contributed by atoms with Crippen molar-refractivity contribution >= 4 is 0 Å². The first-order valence-electron chi connectivity index (χ1n) is 13.6. The molecule has 172 valence electrons. The molecule has 9 atom stereocenters. The van der Waals surface area contributed by atoms with E-state index in [0.29, 0.717) is 10.8 Å². The number of fused-ring (bicyclic) bond motifs is 5. The summed E-state index contributed by atoms with van der Waals surface area (Å²) in [7, 11) is 0. The minimum atomic E-state index is -0.0794. The molecule has 4 aliphatic rings. The summed E-state index contributed by atoms with van der Waals surface area (Å²) in [6.45, 7) is 15.0. The maximum absolute atomic E-state index is 10.2. The fraction of sp³-hybridized carbons (Fsp3) is 0.931. The van der Waals surface area contributed by atoms with Crippen LogP contribution in [-0.4, -0.2) is 11.2 Å². The molecule has 3 saturated carbocycles. The Morgan fingerprint density at radius 2 is 1.83 bits per heavy atom. The largest absolute Gasteiger partial charge is 0.393 e. The SMILES string of the molecule is CC[C@H](CC[C@@H](C)[C@@H]1C[C@H]2[C@@H]3CC=C4C[C@@H](O)CC[C@]4(C)[C@@H]3CC[C@]2(C)C1)C(C)C. The molecule has 0 bridgehead atoms. The molecule has 0 radical (unpaired) electrons. The molecule has 4 rings (SSSR count). The third-order valence-electron chi connectivity index (χ3n) is 11.1. The first-order valence-corrected chi connectivity index (χ1v) is 13.6. The topological polar surface area (TPSA) is 20.2 Å². The van der Waals surface area contributed by atoms with E-state index in [4.69, 9.17) is 0 Å². The van der Waals surface area contributed by atoms with E-state index in [0.717, 1.165) is 54.3 Å². The smallest absolute Gasteiger partial charge is 0.0577 e. The monoisotopic (exact) mass is 414 g/mol. The first-order chi connectivity index (χ1) is 14.2. The number of hydrogen-bond donors (Lipinski definition) is 1. The Morgan fingerprint density at radius 3 is 2.53 bits per heavy atom. The summed E-state index contributed by atoms with van der Waals surface area (Å²) in [6, 6.07) is 0. The summed E-state index contributed by atoms with van der Waals surface area (Å²) >= 11 is 0. The number of allylic oxidation sites excluding steroid dienone is 1. The predicted octanol–water partition coefficient (Wildman–Crippen LogP) is 8.02. The van der Waals surface area contributed by atoms with Crippen molar-refractivity contribution < 1.29 is 5.11 Å². The lowest BCUT2D eigenvalue weighted by molar-refractivity contribution is -0.0360. The molecule has 0 saturated heterocycles. The van der Waals surface area contributed by atoms with Crippen molar-refractivity contribution in [3.05, 3.63) is 11.6 Å². The van der Waals surface area contributed by atoms with Gasteiger partial charge in [0.05, 0.1) is 6.10 Å². The van der Waals surface area contributed by atoms with Crippen LogP contribution < -0.4 is 0 Å². The molecule has 0 amide bonds. The van der Waals surface area contributed by atoms with Crippen LogP contribution in [0, 0.1) is 52.3 Å². The van der Waals surface area contributed by atoms with E-state index in [1.807, 2.05) is 0 Å². The molecule has 0 aromatic carbocycles. The molecule has 0 aromatic heterocycles. The van der Waals surface area contributed by atoms with Crippen LogP contribution in [0.2, 0.25) is 0 Å². The lowest BCUT2D eigenvalue weighted by Crippen LogP contribution is -2.49. The number of aliphatic hydroxyl groups excluding tert-OH is 1. The third kappa shape index (κ3) is 3.95. The van der Waals surface area contributed by atoms with Gasteiger partial charge in [-0.2, -0.15) is 0 Å². The zero-order valence-corrected chi connectivity index (χ0v) is 20.9. The number of hydrogen-bond acceptors (Lipinski definition) is 1. The predicted molar refractivity (Wildman–Crippen MR) is 128 cm³/mol. The summed E-state index contributed by atoms with van der Waals surface area (Å²) in [6.07, 6.45) is 17.1. The molecule has 4 aliphatic carbocycles. The van der Waals surface area contributed by atoms with Gasteiger partial charge in [0, 0.05) is 0 Å². The van der Waals surface area contributed by atoms with E-state index in [2.05, 4.69) is 47.6 Å². The van der Waals surface area contributed by atoms with Crippen LogP contribution in [0.15, 0.2) is 11.6 Å². The summed E-state index contributed by atoms with van der Waals surface area (Å²) in [4.78, 5) is 0. The maximum Gasteiger partial charge on any atom is 0.0577 e. The molecule has 1 nitrogen and oxygen atoms in total. The molecule has 0 unspecified atom stereocenters. The molecule has 0 aromatic rings. The molecule has 0 heterocycles. The first kappa shape index (κ1) is 22.9. The molecule has 3 fully saturated rings. The van der Waals surface area contributed by atoms with Crippen LogP contribution in [0.25, 0.3) is 0 Å². The minimum absolute atomic E-state index is 0.0794. The molecule has 1 N–H and O–H groups in total. The van der Waals surface area contributed by atoms with E-state index in [9.17, 15) is 5.11 Å². The van der Waals surface area contributed by atoms with Gasteiger partial charge in [-0.05, 0) is 110 Å².